The van der Waals surface area contributed by atoms with Crippen LogP contribution in [0.4, 0.5) is 0 Å². The second-order valence-electron chi connectivity index (χ2n) is 6.59. The third-order valence-electron chi connectivity index (χ3n) is 3.96. The van der Waals surface area contributed by atoms with Gasteiger partial charge in [0.2, 0.25) is 0 Å². The summed E-state index contributed by atoms with van der Waals surface area (Å²) in [5, 5.41) is 11.1. The van der Waals surface area contributed by atoms with Crippen LogP contribution in [0, 0.1) is 0 Å². The van der Waals surface area contributed by atoms with E-state index in [1.807, 2.05) is 51.1 Å². The van der Waals surface area contributed by atoms with Crippen molar-refractivity contribution in [1.82, 2.24) is 4.72 Å². The van der Waals surface area contributed by atoms with Crippen LogP contribution in [-0.4, -0.2) is 20.1 Å². The van der Waals surface area contributed by atoms with Gasteiger partial charge in [-0.3, -0.25) is 0 Å². The zero-order valence-corrected chi connectivity index (χ0v) is 13.4. The van der Waals surface area contributed by atoms with Crippen LogP contribution in [0.25, 0.3) is 0 Å². The molecule has 0 aliphatic heterocycles. The van der Waals surface area contributed by atoms with Crippen LogP contribution in [0.2, 0.25) is 0 Å². The highest BCUT2D eigenvalue weighted by Crippen LogP contribution is 2.37. The van der Waals surface area contributed by atoms with Crippen molar-refractivity contribution in [2.45, 2.75) is 62.8 Å². The third kappa shape index (κ3) is 3.30. The van der Waals surface area contributed by atoms with Crippen LogP contribution < -0.4 is 4.72 Å². The fourth-order valence-electron chi connectivity index (χ4n) is 2.69. The molecule has 1 aromatic carbocycles. The molecule has 0 amide bonds. The minimum atomic E-state index is -1.17. The Hall–Kier alpha value is -0.710. The summed E-state index contributed by atoms with van der Waals surface area (Å²) in [6.45, 7) is 5.83. The molecule has 112 valence electrons. The van der Waals surface area contributed by atoms with Crippen molar-refractivity contribution < 1.29 is 9.32 Å². The van der Waals surface area contributed by atoms with E-state index in [1.54, 1.807) is 0 Å². The molecular formula is C16H25NO2S. The first-order valence-electron chi connectivity index (χ1n) is 7.30. The lowest BCUT2D eigenvalue weighted by molar-refractivity contribution is -0.0246. The van der Waals surface area contributed by atoms with Crippen molar-refractivity contribution in [1.29, 1.82) is 0 Å². The molecule has 2 rings (SSSR count). The first-order chi connectivity index (χ1) is 9.34. The largest absolute Gasteiger partial charge is 0.383 e. The number of aliphatic hydroxyl groups is 1. The summed E-state index contributed by atoms with van der Waals surface area (Å²) in [6, 6.07) is 9.60. The fourth-order valence-corrected chi connectivity index (χ4v) is 3.62. The Morgan fingerprint density at radius 3 is 2.50 bits per heavy atom. The third-order valence-corrected chi connectivity index (χ3v) is 5.57. The van der Waals surface area contributed by atoms with Gasteiger partial charge in [-0.15, -0.1) is 0 Å². The average molecular weight is 295 g/mol. The van der Waals surface area contributed by atoms with Crippen molar-refractivity contribution in [3.63, 3.8) is 0 Å². The van der Waals surface area contributed by atoms with Gasteiger partial charge in [0.05, 0.1) is 21.8 Å². The molecule has 3 atom stereocenters. The molecule has 3 nitrogen and oxygen atoms in total. The molecule has 1 aromatic rings. The lowest BCUT2D eigenvalue weighted by atomic mass is 9.76. The van der Waals surface area contributed by atoms with Crippen LogP contribution in [0.1, 0.15) is 52.0 Å². The first kappa shape index (κ1) is 15.7. The smallest absolute Gasteiger partial charge is 0.106 e. The van der Waals surface area contributed by atoms with Crippen molar-refractivity contribution >= 4 is 11.0 Å². The molecule has 1 saturated carbocycles. The summed E-state index contributed by atoms with van der Waals surface area (Å²) in [4.78, 5) is 0. The van der Waals surface area contributed by atoms with Gasteiger partial charge in [0, 0.05) is 0 Å². The lowest BCUT2D eigenvalue weighted by Crippen LogP contribution is -2.53. The van der Waals surface area contributed by atoms with Crippen LogP contribution in [-0.2, 0) is 16.6 Å². The molecule has 4 heteroatoms. The van der Waals surface area contributed by atoms with Crippen LogP contribution >= 0.6 is 0 Å². The van der Waals surface area contributed by atoms with Gasteiger partial charge in [0.25, 0.3) is 0 Å². The monoisotopic (exact) mass is 295 g/mol. The summed E-state index contributed by atoms with van der Waals surface area (Å²) in [6.07, 6.45) is 3.64. The fraction of sp³-hybridized carbons (Fsp3) is 0.625. The number of nitrogens with one attached hydrogen (secondary N) is 1. The van der Waals surface area contributed by atoms with Crippen molar-refractivity contribution in [3.05, 3.63) is 35.9 Å². The second kappa shape index (κ2) is 5.96. The van der Waals surface area contributed by atoms with Crippen LogP contribution in [0.15, 0.2) is 30.3 Å². The molecule has 0 radical (unpaired) electrons. The highest BCUT2D eigenvalue weighted by atomic mass is 32.2. The Morgan fingerprint density at radius 2 is 1.90 bits per heavy atom. The quantitative estimate of drug-likeness (QED) is 0.901. The van der Waals surface area contributed by atoms with E-state index in [-0.39, 0.29) is 10.8 Å². The van der Waals surface area contributed by atoms with Gasteiger partial charge in [-0.25, -0.2) is 8.93 Å². The number of benzene rings is 1. The maximum Gasteiger partial charge on any atom is 0.106 e. The SMILES string of the molecule is CC(C)(C)[S@](=O)N[C@@H]1CCCC[C@]1(O)c1ccccc1. The van der Waals surface area contributed by atoms with Crippen molar-refractivity contribution in [2.24, 2.45) is 0 Å². The van der Waals surface area contributed by atoms with Gasteiger partial charge in [-0.2, -0.15) is 0 Å². The summed E-state index contributed by atoms with van der Waals surface area (Å²) in [5.41, 5.74) is 0.00330. The standard InChI is InChI=1S/C16H25NO2S/c1-15(2,3)20(19)17-14-11-7-8-12-16(14,18)13-9-5-4-6-10-13/h4-6,9-10,14,17-18H,7-8,11-12H2,1-3H3/t14-,16+,20+/m1/s1. The van der Waals surface area contributed by atoms with Gasteiger partial charge in [0.1, 0.15) is 5.60 Å². The normalized spacial score (nSPS) is 29.1. The summed E-state index contributed by atoms with van der Waals surface area (Å²) < 4.78 is 15.2. The molecular weight excluding hydrogens is 270 g/mol. The topological polar surface area (TPSA) is 49.3 Å². The van der Waals surface area contributed by atoms with Gasteiger partial charge in [0.15, 0.2) is 0 Å². The molecule has 0 unspecified atom stereocenters. The van der Waals surface area contributed by atoms with E-state index in [2.05, 4.69) is 4.72 Å². The van der Waals surface area contributed by atoms with Gasteiger partial charge in [-0.1, -0.05) is 43.2 Å². The molecule has 0 saturated heterocycles. The number of rotatable bonds is 3. The second-order valence-corrected chi connectivity index (χ2v) is 8.59. The maximum absolute atomic E-state index is 12.3. The molecule has 0 heterocycles. The van der Waals surface area contributed by atoms with Gasteiger partial charge >= 0.3 is 0 Å². The Bertz CT molecular complexity index is 469. The van der Waals surface area contributed by atoms with E-state index in [0.29, 0.717) is 0 Å². The lowest BCUT2D eigenvalue weighted by Gasteiger charge is -2.41. The molecule has 1 fully saturated rings. The molecule has 0 spiro atoms. The Balaban J connectivity index is 2.23. The van der Waals surface area contributed by atoms with E-state index in [4.69, 9.17) is 0 Å². The molecule has 2 N–H and O–H groups in total. The predicted molar refractivity (Wildman–Crippen MR) is 83.6 cm³/mol. The van der Waals surface area contributed by atoms with E-state index in [1.165, 1.54) is 0 Å². The van der Waals surface area contributed by atoms with Gasteiger partial charge in [-0.05, 0) is 39.2 Å². The Morgan fingerprint density at radius 1 is 1.25 bits per heavy atom. The van der Waals surface area contributed by atoms with E-state index < -0.39 is 16.6 Å². The van der Waals surface area contributed by atoms with E-state index in [0.717, 1.165) is 31.2 Å². The van der Waals surface area contributed by atoms with Crippen LogP contribution in [0.5, 0.6) is 0 Å². The molecule has 0 bridgehead atoms. The van der Waals surface area contributed by atoms with Crippen molar-refractivity contribution in [3.8, 4) is 0 Å². The highest BCUT2D eigenvalue weighted by Gasteiger charge is 2.42. The minimum absolute atomic E-state index is 0.154. The molecule has 1 aliphatic carbocycles. The van der Waals surface area contributed by atoms with E-state index >= 15 is 0 Å². The minimum Gasteiger partial charge on any atom is -0.383 e. The number of hydrogen-bond donors (Lipinski definition) is 2. The summed E-state index contributed by atoms with van der Waals surface area (Å²) >= 11 is 0. The average Bonchev–Trinajstić information content (AvgIpc) is 2.41. The number of hydrogen-bond acceptors (Lipinski definition) is 2. The molecule has 1 aliphatic rings. The van der Waals surface area contributed by atoms with E-state index in [9.17, 15) is 9.32 Å². The van der Waals surface area contributed by atoms with Crippen LogP contribution in [0.3, 0.4) is 0 Å². The van der Waals surface area contributed by atoms with Crippen molar-refractivity contribution in [2.75, 3.05) is 0 Å². The highest BCUT2D eigenvalue weighted by molar-refractivity contribution is 7.84. The van der Waals surface area contributed by atoms with Gasteiger partial charge < -0.3 is 5.11 Å². The zero-order chi connectivity index (χ0) is 14.8. The maximum atomic E-state index is 12.3. The molecule has 20 heavy (non-hydrogen) atoms. The summed E-state index contributed by atoms with van der Waals surface area (Å²) in [7, 11) is -1.17. The summed E-state index contributed by atoms with van der Waals surface area (Å²) in [5.74, 6) is 0. The predicted octanol–water partition coefficient (Wildman–Crippen LogP) is 2.87. The molecule has 0 aromatic heterocycles. The Labute approximate surface area is 124 Å². The zero-order valence-electron chi connectivity index (χ0n) is 12.6. The Kier molecular flexibility index (Phi) is 4.67. The first-order valence-corrected chi connectivity index (χ1v) is 8.45.